The van der Waals surface area contributed by atoms with Crippen LogP contribution in [-0.4, -0.2) is 38.2 Å². The molecular weight excluding hydrogens is 270 g/mol. The van der Waals surface area contributed by atoms with Crippen LogP contribution in [0.15, 0.2) is 29.2 Å². The molecular formula is C16H23NO2S. The summed E-state index contributed by atoms with van der Waals surface area (Å²) in [6, 6.07) is 8.41. The summed E-state index contributed by atoms with van der Waals surface area (Å²) in [5.74, 6) is 0.600. The van der Waals surface area contributed by atoms with E-state index in [1.54, 1.807) is 12.1 Å². The van der Waals surface area contributed by atoms with Crippen molar-refractivity contribution in [3.05, 3.63) is 29.8 Å². The summed E-state index contributed by atoms with van der Waals surface area (Å²) in [4.78, 5) is 2.89. The lowest BCUT2D eigenvalue weighted by atomic mass is 9.92. The maximum absolute atomic E-state index is 12.6. The smallest absolute Gasteiger partial charge is 0.178 e. The normalized spacial score (nSPS) is 30.6. The molecule has 110 valence electrons. The van der Waals surface area contributed by atoms with E-state index >= 15 is 0 Å². The first-order chi connectivity index (χ1) is 9.47. The van der Waals surface area contributed by atoms with Crippen molar-refractivity contribution in [2.75, 3.05) is 12.8 Å². The summed E-state index contributed by atoms with van der Waals surface area (Å²) < 4.78 is 25.1. The van der Waals surface area contributed by atoms with Gasteiger partial charge >= 0.3 is 0 Å². The first-order valence-electron chi connectivity index (χ1n) is 7.49. The van der Waals surface area contributed by atoms with E-state index in [2.05, 4.69) is 11.9 Å². The highest BCUT2D eigenvalue weighted by Crippen LogP contribution is 2.39. The molecule has 1 aromatic carbocycles. The van der Waals surface area contributed by atoms with Crippen molar-refractivity contribution >= 4 is 9.84 Å². The molecule has 0 spiro atoms. The fourth-order valence-corrected chi connectivity index (χ4v) is 5.57. The Balaban J connectivity index is 1.78. The molecule has 3 atom stereocenters. The number of sulfone groups is 1. The van der Waals surface area contributed by atoms with E-state index in [1.165, 1.54) is 6.42 Å². The van der Waals surface area contributed by atoms with Crippen molar-refractivity contribution < 1.29 is 8.42 Å². The van der Waals surface area contributed by atoms with Crippen LogP contribution in [0.3, 0.4) is 0 Å². The molecule has 4 heteroatoms. The molecule has 3 nitrogen and oxygen atoms in total. The number of fused-ring (bicyclic) bond motifs is 2. The van der Waals surface area contributed by atoms with Crippen LogP contribution in [-0.2, 0) is 9.84 Å². The number of benzene rings is 1. The summed E-state index contributed by atoms with van der Waals surface area (Å²) in [5, 5.41) is 0. The molecule has 20 heavy (non-hydrogen) atoms. The number of rotatable bonds is 3. The summed E-state index contributed by atoms with van der Waals surface area (Å²) in [6.07, 6.45) is 4.61. The van der Waals surface area contributed by atoms with Gasteiger partial charge in [0.1, 0.15) is 0 Å². The third kappa shape index (κ3) is 2.51. The largest absolute Gasteiger partial charge is 0.300 e. The zero-order valence-corrected chi connectivity index (χ0v) is 13.1. The van der Waals surface area contributed by atoms with Crippen molar-refractivity contribution in [1.29, 1.82) is 0 Å². The quantitative estimate of drug-likeness (QED) is 0.860. The minimum absolute atomic E-state index is 0.296. The molecule has 3 rings (SSSR count). The molecule has 0 saturated carbocycles. The van der Waals surface area contributed by atoms with Gasteiger partial charge in [-0.2, -0.15) is 0 Å². The van der Waals surface area contributed by atoms with Crippen molar-refractivity contribution in [3.8, 4) is 0 Å². The number of nitrogens with zero attached hydrogens (tertiary/aromatic N) is 1. The zero-order chi connectivity index (χ0) is 14.3. The van der Waals surface area contributed by atoms with Crippen LogP contribution in [0.5, 0.6) is 0 Å². The van der Waals surface area contributed by atoms with E-state index in [9.17, 15) is 8.42 Å². The Morgan fingerprint density at radius 1 is 1.10 bits per heavy atom. The Bertz CT molecular complexity index is 579. The standard InChI is InChI=1S/C16H23NO2S/c1-12-3-8-15(9-4-12)20(18,19)11-13-5-6-14-7-10-16(13)17(14)2/h3-4,8-9,13-14,16H,5-7,10-11H2,1-2H3. The average Bonchev–Trinajstić information content (AvgIpc) is 2.64. The molecule has 0 radical (unpaired) electrons. The van der Waals surface area contributed by atoms with Crippen LogP contribution < -0.4 is 0 Å². The van der Waals surface area contributed by atoms with Gasteiger partial charge in [-0.15, -0.1) is 0 Å². The first kappa shape index (κ1) is 14.1. The fraction of sp³-hybridized carbons (Fsp3) is 0.625. The monoisotopic (exact) mass is 293 g/mol. The second kappa shape index (κ2) is 5.15. The highest BCUT2D eigenvalue weighted by atomic mass is 32.2. The molecule has 2 saturated heterocycles. The summed E-state index contributed by atoms with van der Waals surface area (Å²) >= 11 is 0. The van der Waals surface area contributed by atoms with Gasteiger partial charge in [-0.1, -0.05) is 17.7 Å². The summed E-state index contributed by atoms with van der Waals surface area (Å²) in [6.45, 7) is 1.98. The molecule has 3 unspecified atom stereocenters. The highest BCUT2D eigenvalue weighted by Gasteiger charge is 2.41. The maximum atomic E-state index is 12.6. The van der Waals surface area contributed by atoms with Crippen molar-refractivity contribution in [2.45, 2.75) is 49.6 Å². The average molecular weight is 293 g/mol. The van der Waals surface area contributed by atoms with E-state index in [0.717, 1.165) is 24.8 Å². The van der Waals surface area contributed by atoms with Gasteiger partial charge in [0, 0.05) is 12.1 Å². The predicted molar refractivity (Wildman–Crippen MR) is 80.5 cm³/mol. The van der Waals surface area contributed by atoms with Gasteiger partial charge in [0.05, 0.1) is 10.6 Å². The predicted octanol–water partition coefficient (Wildman–Crippen LogP) is 2.64. The second-order valence-corrected chi connectivity index (χ2v) is 8.43. The van der Waals surface area contributed by atoms with E-state index in [1.807, 2.05) is 19.1 Å². The van der Waals surface area contributed by atoms with Crippen LogP contribution in [0.4, 0.5) is 0 Å². The molecule has 1 aromatic rings. The topological polar surface area (TPSA) is 37.4 Å². The van der Waals surface area contributed by atoms with E-state index in [4.69, 9.17) is 0 Å². The molecule has 2 heterocycles. The molecule has 2 fully saturated rings. The lowest BCUT2D eigenvalue weighted by molar-refractivity contribution is 0.131. The van der Waals surface area contributed by atoms with Gasteiger partial charge in [0.15, 0.2) is 9.84 Å². The van der Waals surface area contributed by atoms with Crippen LogP contribution in [0.25, 0.3) is 0 Å². The van der Waals surface area contributed by atoms with Gasteiger partial charge in [0.2, 0.25) is 0 Å². The lowest BCUT2D eigenvalue weighted by Crippen LogP contribution is -2.44. The SMILES string of the molecule is Cc1ccc(S(=O)(=O)CC2CCC3CCC2N3C)cc1. The van der Waals surface area contributed by atoms with Gasteiger partial charge in [-0.05, 0) is 57.7 Å². The van der Waals surface area contributed by atoms with Crippen molar-refractivity contribution in [3.63, 3.8) is 0 Å². The summed E-state index contributed by atoms with van der Waals surface area (Å²) in [5.41, 5.74) is 1.10. The van der Waals surface area contributed by atoms with Crippen LogP contribution >= 0.6 is 0 Å². The molecule has 0 aliphatic carbocycles. The van der Waals surface area contributed by atoms with Crippen molar-refractivity contribution in [1.82, 2.24) is 4.90 Å². The van der Waals surface area contributed by atoms with E-state index in [0.29, 0.717) is 28.6 Å². The Morgan fingerprint density at radius 3 is 2.45 bits per heavy atom. The Hall–Kier alpha value is -0.870. The van der Waals surface area contributed by atoms with Gasteiger partial charge in [-0.25, -0.2) is 8.42 Å². The van der Waals surface area contributed by atoms with Gasteiger partial charge < -0.3 is 4.90 Å². The maximum Gasteiger partial charge on any atom is 0.178 e. The number of aryl methyl sites for hydroxylation is 1. The van der Waals surface area contributed by atoms with Crippen LogP contribution in [0, 0.1) is 12.8 Å². The Labute approximate surface area is 121 Å². The molecule has 0 N–H and O–H groups in total. The van der Waals surface area contributed by atoms with Crippen LogP contribution in [0.2, 0.25) is 0 Å². The third-order valence-corrected chi connectivity index (χ3v) is 6.98. The van der Waals surface area contributed by atoms with Crippen LogP contribution in [0.1, 0.15) is 31.2 Å². The fourth-order valence-electron chi connectivity index (χ4n) is 3.87. The number of hydrogen-bond acceptors (Lipinski definition) is 3. The van der Waals surface area contributed by atoms with Crippen molar-refractivity contribution in [2.24, 2.45) is 5.92 Å². The second-order valence-electron chi connectivity index (χ2n) is 6.40. The first-order valence-corrected chi connectivity index (χ1v) is 9.14. The minimum Gasteiger partial charge on any atom is -0.300 e. The van der Waals surface area contributed by atoms with Gasteiger partial charge in [-0.3, -0.25) is 0 Å². The Kier molecular flexibility index (Phi) is 3.63. The summed E-state index contributed by atoms with van der Waals surface area (Å²) in [7, 11) is -0.992. The van der Waals surface area contributed by atoms with Gasteiger partial charge in [0.25, 0.3) is 0 Å². The zero-order valence-electron chi connectivity index (χ0n) is 12.2. The molecule has 0 aromatic heterocycles. The number of hydrogen-bond donors (Lipinski definition) is 0. The number of piperidine rings is 1. The minimum atomic E-state index is -3.15. The van der Waals surface area contributed by atoms with E-state index in [-0.39, 0.29) is 0 Å². The van der Waals surface area contributed by atoms with E-state index < -0.39 is 9.84 Å². The molecule has 2 aliphatic rings. The highest BCUT2D eigenvalue weighted by molar-refractivity contribution is 7.91. The molecule has 0 amide bonds. The molecule has 2 bridgehead atoms. The Morgan fingerprint density at radius 2 is 1.75 bits per heavy atom. The third-order valence-electron chi connectivity index (χ3n) is 5.12. The molecule has 2 aliphatic heterocycles. The lowest BCUT2D eigenvalue weighted by Gasteiger charge is -2.37.